The van der Waals surface area contributed by atoms with Crippen molar-refractivity contribution in [3.8, 4) is 5.75 Å². The van der Waals surface area contributed by atoms with Gasteiger partial charge in [-0.1, -0.05) is 49.2 Å². The number of ether oxygens (including phenoxy) is 1. The molecular formula is C18H19ClO2. The summed E-state index contributed by atoms with van der Waals surface area (Å²) in [5, 5.41) is 0.687. The summed E-state index contributed by atoms with van der Waals surface area (Å²) in [5.41, 5.74) is 2.30. The molecule has 0 N–H and O–H groups in total. The number of carbonyl (C=O) groups is 1. The second kappa shape index (κ2) is 7.84. The first-order valence-electron chi connectivity index (χ1n) is 7.21. The van der Waals surface area contributed by atoms with Gasteiger partial charge in [0.1, 0.15) is 5.75 Å². The van der Waals surface area contributed by atoms with E-state index in [0.717, 1.165) is 18.4 Å². The van der Waals surface area contributed by atoms with Crippen molar-refractivity contribution >= 4 is 17.6 Å². The van der Waals surface area contributed by atoms with Gasteiger partial charge in [-0.3, -0.25) is 4.79 Å². The number of carbonyl (C=O) groups excluding carboxylic acids is 1. The Kier molecular flexibility index (Phi) is 5.82. The molecule has 0 bridgehead atoms. The van der Waals surface area contributed by atoms with Gasteiger partial charge in [-0.05, 0) is 48.2 Å². The highest BCUT2D eigenvalue weighted by atomic mass is 35.5. The van der Waals surface area contributed by atoms with E-state index in [1.54, 1.807) is 0 Å². The Morgan fingerprint density at radius 2 is 1.81 bits per heavy atom. The quantitative estimate of drug-likeness (QED) is 0.564. The molecule has 0 amide bonds. The Bertz CT molecular complexity index is 590. The van der Waals surface area contributed by atoms with E-state index in [-0.39, 0.29) is 5.97 Å². The van der Waals surface area contributed by atoms with Gasteiger partial charge < -0.3 is 4.74 Å². The molecule has 0 atom stereocenters. The molecule has 2 nitrogen and oxygen atoms in total. The number of esters is 1. The Hall–Kier alpha value is -1.80. The molecule has 0 aliphatic rings. The van der Waals surface area contributed by atoms with E-state index in [4.69, 9.17) is 16.3 Å². The van der Waals surface area contributed by atoms with Crippen LogP contribution in [0.15, 0.2) is 48.5 Å². The van der Waals surface area contributed by atoms with Gasteiger partial charge in [-0.15, -0.1) is 0 Å². The average Bonchev–Trinajstić information content (AvgIpc) is 2.48. The summed E-state index contributed by atoms with van der Waals surface area (Å²) in [4.78, 5) is 11.8. The number of hydrogen-bond donors (Lipinski definition) is 0. The Morgan fingerprint density at radius 1 is 1.05 bits per heavy atom. The number of benzene rings is 2. The van der Waals surface area contributed by atoms with E-state index in [1.807, 2.05) is 48.5 Å². The number of rotatable bonds is 6. The van der Waals surface area contributed by atoms with E-state index >= 15 is 0 Å². The van der Waals surface area contributed by atoms with Crippen LogP contribution in [0.5, 0.6) is 5.75 Å². The lowest BCUT2D eigenvalue weighted by Gasteiger charge is -2.06. The van der Waals surface area contributed by atoms with Crippen LogP contribution in [0.25, 0.3) is 0 Å². The predicted molar refractivity (Wildman–Crippen MR) is 85.8 cm³/mol. The third-order valence-corrected chi connectivity index (χ3v) is 3.44. The summed E-state index contributed by atoms with van der Waals surface area (Å²) >= 11 is 5.91. The summed E-state index contributed by atoms with van der Waals surface area (Å²) in [7, 11) is 0. The zero-order chi connectivity index (χ0) is 15.1. The highest BCUT2D eigenvalue weighted by Crippen LogP contribution is 2.16. The van der Waals surface area contributed by atoms with Crippen molar-refractivity contribution in [3.63, 3.8) is 0 Å². The summed E-state index contributed by atoms with van der Waals surface area (Å²) in [6, 6.07) is 15.2. The van der Waals surface area contributed by atoms with Crippen LogP contribution in [-0.2, 0) is 17.6 Å². The molecule has 110 valence electrons. The van der Waals surface area contributed by atoms with Gasteiger partial charge in [0.05, 0.1) is 0 Å². The molecule has 2 aromatic rings. The van der Waals surface area contributed by atoms with Crippen molar-refractivity contribution in [1.29, 1.82) is 0 Å². The lowest BCUT2D eigenvalue weighted by molar-refractivity contribution is -0.134. The van der Waals surface area contributed by atoms with Crippen molar-refractivity contribution in [2.45, 2.75) is 32.6 Å². The van der Waals surface area contributed by atoms with Gasteiger partial charge in [0.2, 0.25) is 0 Å². The summed E-state index contributed by atoms with van der Waals surface area (Å²) in [5.74, 6) is 0.379. The number of hydrogen-bond acceptors (Lipinski definition) is 2. The zero-order valence-electron chi connectivity index (χ0n) is 12.1. The highest BCUT2D eigenvalue weighted by Gasteiger charge is 2.06. The molecule has 0 aliphatic carbocycles. The summed E-state index contributed by atoms with van der Waals surface area (Å²) < 4.78 is 5.33. The van der Waals surface area contributed by atoms with Gasteiger partial charge in [-0.2, -0.15) is 0 Å². The van der Waals surface area contributed by atoms with Crippen LogP contribution in [0, 0.1) is 0 Å². The van der Waals surface area contributed by atoms with E-state index in [1.165, 1.54) is 5.56 Å². The molecule has 2 aromatic carbocycles. The van der Waals surface area contributed by atoms with Crippen LogP contribution in [0.4, 0.5) is 0 Å². The molecule has 2 rings (SSSR count). The molecule has 0 heterocycles. The Labute approximate surface area is 130 Å². The van der Waals surface area contributed by atoms with Crippen LogP contribution in [0.3, 0.4) is 0 Å². The second-order valence-corrected chi connectivity index (χ2v) is 5.43. The van der Waals surface area contributed by atoms with E-state index in [9.17, 15) is 4.79 Å². The lowest BCUT2D eigenvalue weighted by Crippen LogP contribution is -2.09. The predicted octanol–water partition coefficient (Wildman–Crippen LogP) is 4.83. The molecule has 3 heteroatoms. The maximum absolute atomic E-state index is 11.8. The van der Waals surface area contributed by atoms with E-state index < -0.39 is 0 Å². The van der Waals surface area contributed by atoms with E-state index in [2.05, 4.69) is 6.92 Å². The maximum atomic E-state index is 11.8. The van der Waals surface area contributed by atoms with E-state index in [0.29, 0.717) is 23.6 Å². The minimum Gasteiger partial charge on any atom is -0.427 e. The first-order chi connectivity index (χ1) is 10.2. The summed E-state index contributed by atoms with van der Waals surface area (Å²) in [6.45, 7) is 2.14. The lowest BCUT2D eigenvalue weighted by atomic mass is 10.1. The van der Waals surface area contributed by atoms with Crippen LogP contribution in [-0.4, -0.2) is 5.97 Å². The van der Waals surface area contributed by atoms with Crippen LogP contribution in [0.1, 0.15) is 30.9 Å². The van der Waals surface area contributed by atoms with Crippen molar-refractivity contribution < 1.29 is 9.53 Å². The minimum atomic E-state index is -0.224. The second-order valence-electron chi connectivity index (χ2n) is 5.00. The first kappa shape index (κ1) is 15.6. The molecule has 0 fully saturated rings. The standard InChI is InChI=1S/C18H19ClO2/c1-2-4-14-7-10-17(11-8-14)21-18(20)12-9-15-5-3-6-16(19)13-15/h3,5-8,10-11,13H,2,4,9,12H2,1H3. The third-order valence-electron chi connectivity index (χ3n) is 3.20. The molecule has 0 unspecified atom stereocenters. The number of halogens is 1. The molecule has 0 aromatic heterocycles. The summed E-state index contributed by atoms with van der Waals surface area (Å²) in [6.07, 6.45) is 3.13. The molecule has 0 radical (unpaired) electrons. The largest absolute Gasteiger partial charge is 0.427 e. The highest BCUT2D eigenvalue weighted by molar-refractivity contribution is 6.30. The Balaban J connectivity index is 1.84. The van der Waals surface area contributed by atoms with Crippen molar-refractivity contribution in [3.05, 3.63) is 64.7 Å². The molecule has 21 heavy (non-hydrogen) atoms. The zero-order valence-corrected chi connectivity index (χ0v) is 12.9. The first-order valence-corrected chi connectivity index (χ1v) is 7.59. The van der Waals surface area contributed by atoms with Crippen molar-refractivity contribution in [2.75, 3.05) is 0 Å². The van der Waals surface area contributed by atoms with Gasteiger partial charge >= 0.3 is 5.97 Å². The maximum Gasteiger partial charge on any atom is 0.311 e. The number of aryl methyl sites for hydroxylation is 2. The molecule has 0 saturated heterocycles. The third kappa shape index (κ3) is 5.24. The SMILES string of the molecule is CCCc1ccc(OC(=O)CCc2cccc(Cl)c2)cc1. The average molecular weight is 303 g/mol. The fraction of sp³-hybridized carbons (Fsp3) is 0.278. The fourth-order valence-corrected chi connectivity index (χ4v) is 2.35. The Morgan fingerprint density at radius 3 is 2.48 bits per heavy atom. The van der Waals surface area contributed by atoms with Crippen molar-refractivity contribution in [2.24, 2.45) is 0 Å². The minimum absolute atomic E-state index is 0.224. The molecule has 0 spiro atoms. The van der Waals surface area contributed by atoms with Gasteiger partial charge in [-0.25, -0.2) is 0 Å². The van der Waals surface area contributed by atoms with Gasteiger partial charge in [0.15, 0.2) is 0 Å². The fourth-order valence-electron chi connectivity index (χ4n) is 2.13. The van der Waals surface area contributed by atoms with Crippen LogP contribution < -0.4 is 4.74 Å². The molecule has 0 aliphatic heterocycles. The monoisotopic (exact) mass is 302 g/mol. The van der Waals surface area contributed by atoms with Crippen LogP contribution >= 0.6 is 11.6 Å². The smallest absolute Gasteiger partial charge is 0.311 e. The molecule has 0 saturated carbocycles. The van der Waals surface area contributed by atoms with Gasteiger partial charge in [0, 0.05) is 11.4 Å². The van der Waals surface area contributed by atoms with Gasteiger partial charge in [0.25, 0.3) is 0 Å². The van der Waals surface area contributed by atoms with Crippen molar-refractivity contribution in [1.82, 2.24) is 0 Å². The topological polar surface area (TPSA) is 26.3 Å². The normalized spacial score (nSPS) is 10.4. The van der Waals surface area contributed by atoms with Crippen LogP contribution in [0.2, 0.25) is 5.02 Å². The molecular weight excluding hydrogens is 284 g/mol.